The lowest BCUT2D eigenvalue weighted by Gasteiger charge is -2.22. The number of nitrogens with zero attached hydrogens (tertiary/aromatic N) is 3. The van der Waals surface area contributed by atoms with Gasteiger partial charge in [0.25, 0.3) is 5.91 Å². The summed E-state index contributed by atoms with van der Waals surface area (Å²) in [7, 11) is 1.46. The Hall–Kier alpha value is -2.88. The number of ether oxygens (including phenoxy) is 1. The van der Waals surface area contributed by atoms with Crippen LogP contribution in [0, 0.1) is 0 Å². The molecule has 1 saturated heterocycles. The lowest BCUT2D eigenvalue weighted by Crippen LogP contribution is -2.27. The van der Waals surface area contributed by atoms with E-state index >= 15 is 0 Å². The molecule has 1 aromatic heterocycles. The van der Waals surface area contributed by atoms with Crippen LogP contribution in [0.3, 0.4) is 0 Å². The quantitative estimate of drug-likeness (QED) is 0.425. The van der Waals surface area contributed by atoms with Crippen LogP contribution in [-0.2, 0) is 0 Å². The first-order valence-corrected chi connectivity index (χ1v) is 11.7. The van der Waals surface area contributed by atoms with Gasteiger partial charge in [0, 0.05) is 41.7 Å². The molecule has 1 aliphatic heterocycles. The number of hydrogen-bond acceptors (Lipinski definition) is 7. The summed E-state index contributed by atoms with van der Waals surface area (Å²) in [5, 5.41) is 9.76. The number of carbonyl (C=O) groups excluding carboxylic acids is 1. The molecule has 0 bridgehead atoms. The van der Waals surface area contributed by atoms with Gasteiger partial charge in [-0.05, 0) is 65.3 Å². The molecule has 0 spiro atoms. The van der Waals surface area contributed by atoms with E-state index in [4.69, 9.17) is 16.3 Å². The lowest BCUT2D eigenvalue weighted by atomic mass is 10.2. The van der Waals surface area contributed by atoms with Gasteiger partial charge in [-0.3, -0.25) is 4.79 Å². The van der Waals surface area contributed by atoms with Crippen LogP contribution in [-0.4, -0.2) is 49.2 Å². The SMILES string of the molecule is COc1nc(Nc2ccc(N3CCCNCC3)cc2)ncc1C(=O)Nc1c(Cl)cccc1Br. The first kappa shape index (κ1) is 23.3. The van der Waals surface area contributed by atoms with E-state index in [9.17, 15) is 4.79 Å². The van der Waals surface area contributed by atoms with Crippen molar-refractivity contribution >= 4 is 56.4 Å². The fourth-order valence-electron chi connectivity index (χ4n) is 3.52. The number of nitrogens with one attached hydrogen (secondary N) is 3. The molecule has 2 aromatic carbocycles. The van der Waals surface area contributed by atoms with Gasteiger partial charge in [-0.1, -0.05) is 17.7 Å². The molecule has 3 N–H and O–H groups in total. The van der Waals surface area contributed by atoms with Crippen molar-refractivity contribution in [2.75, 3.05) is 48.8 Å². The molecule has 4 rings (SSSR count). The van der Waals surface area contributed by atoms with E-state index in [1.807, 2.05) is 12.1 Å². The molecular weight excluding hydrogens is 508 g/mol. The van der Waals surface area contributed by atoms with E-state index in [0.717, 1.165) is 38.3 Å². The molecule has 3 aromatic rings. The number of amides is 1. The van der Waals surface area contributed by atoms with E-state index in [1.54, 1.807) is 18.2 Å². The summed E-state index contributed by atoms with van der Waals surface area (Å²) in [4.78, 5) is 23.8. The molecule has 172 valence electrons. The van der Waals surface area contributed by atoms with Crippen LogP contribution in [0.25, 0.3) is 0 Å². The summed E-state index contributed by atoms with van der Waals surface area (Å²) in [6, 6.07) is 13.4. The Balaban J connectivity index is 1.47. The fourth-order valence-corrected chi connectivity index (χ4v) is 4.33. The third-order valence-electron chi connectivity index (χ3n) is 5.22. The molecule has 1 fully saturated rings. The zero-order chi connectivity index (χ0) is 23.2. The Labute approximate surface area is 205 Å². The number of halogens is 2. The highest BCUT2D eigenvalue weighted by Gasteiger charge is 2.18. The van der Waals surface area contributed by atoms with Crippen molar-refractivity contribution < 1.29 is 9.53 Å². The number of rotatable bonds is 6. The minimum absolute atomic E-state index is 0.155. The molecule has 10 heteroatoms. The Morgan fingerprint density at radius 3 is 2.76 bits per heavy atom. The van der Waals surface area contributed by atoms with Crippen molar-refractivity contribution in [3.63, 3.8) is 0 Å². The number of carbonyl (C=O) groups is 1. The summed E-state index contributed by atoms with van der Waals surface area (Å²) in [6.45, 7) is 4.07. The molecular formula is C23H24BrClN6O2. The van der Waals surface area contributed by atoms with Gasteiger partial charge >= 0.3 is 0 Å². The maximum Gasteiger partial charge on any atom is 0.262 e. The highest BCUT2D eigenvalue weighted by Crippen LogP contribution is 2.31. The summed E-state index contributed by atoms with van der Waals surface area (Å²) >= 11 is 9.58. The zero-order valence-electron chi connectivity index (χ0n) is 18.1. The molecule has 0 unspecified atom stereocenters. The van der Waals surface area contributed by atoms with Gasteiger partial charge in [-0.15, -0.1) is 0 Å². The summed E-state index contributed by atoms with van der Waals surface area (Å²) < 4.78 is 6.01. The first-order chi connectivity index (χ1) is 16.0. The first-order valence-electron chi connectivity index (χ1n) is 10.5. The molecule has 33 heavy (non-hydrogen) atoms. The van der Waals surface area contributed by atoms with E-state index in [1.165, 1.54) is 19.0 Å². The van der Waals surface area contributed by atoms with Crippen molar-refractivity contribution in [1.29, 1.82) is 0 Å². The highest BCUT2D eigenvalue weighted by molar-refractivity contribution is 9.10. The third-order valence-corrected chi connectivity index (χ3v) is 6.20. The number of benzene rings is 2. The van der Waals surface area contributed by atoms with Crippen molar-refractivity contribution in [2.24, 2.45) is 0 Å². The highest BCUT2D eigenvalue weighted by atomic mass is 79.9. The van der Waals surface area contributed by atoms with Crippen LogP contribution in [0.5, 0.6) is 5.88 Å². The van der Waals surface area contributed by atoms with Crippen LogP contribution in [0.15, 0.2) is 53.1 Å². The van der Waals surface area contributed by atoms with Crippen LogP contribution >= 0.6 is 27.5 Å². The zero-order valence-corrected chi connectivity index (χ0v) is 20.4. The summed E-state index contributed by atoms with van der Waals surface area (Å²) in [5.41, 5.74) is 2.68. The number of anilines is 4. The predicted molar refractivity (Wildman–Crippen MR) is 135 cm³/mol. The standard InChI is InChI=1S/C23H24BrClN6O2/c1-33-22-17(21(32)29-20-18(24)4-2-5-19(20)25)14-27-23(30-22)28-15-6-8-16(9-7-15)31-12-3-10-26-11-13-31/h2,4-9,14,26H,3,10-13H2,1H3,(H,29,32)(H,27,28,30). The van der Waals surface area contributed by atoms with E-state index in [2.05, 4.69) is 58.9 Å². The van der Waals surface area contributed by atoms with Crippen LogP contribution in [0.2, 0.25) is 5.02 Å². The molecule has 2 heterocycles. The monoisotopic (exact) mass is 530 g/mol. The van der Waals surface area contributed by atoms with Gasteiger partial charge in [0.05, 0.1) is 17.8 Å². The minimum Gasteiger partial charge on any atom is -0.480 e. The van der Waals surface area contributed by atoms with Crippen molar-refractivity contribution in [1.82, 2.24) is 15.3 Å². The van der Waals surface area contributed by atoms with Gasteiger partial charge < -0.3 is 25.6 Å². The molecule has 0 atom stereocenters. The molecule has 1 aliphatic rings. The topological polar surface area (TPSA) is 91.4 Å². The molecule has 1 amide bonds. The smallest absolute Gasteiger partial charge is 0.262 e. The van der Waals surface area contributed by atoms with E-state index in [0.29, 0.717) is 21.1 Å². The summed E-state index contributed by atoms with van der Waals surface area (Å²) in [6.07, 6.45) is 2.55. The number of hydrogen-bond donors (Lipinski definition) is 3. The van der Waals surface area contributed by atoms with E-state index < -0.39 is 5.91 Å². The van der Waals surface area contributed by atoms with Gasteiger partial charge in [0.2, 0.25) is 11.8 Å². The Kier molecular flexibility index (Phi) is 7.64. The largest absolute Gasteiger partial charge is 0.480 e. The van der Waals surface area contributed by atoms with Crippen LogP contribution in [0.4, 0.5) is 23.0 Å². The molecule has 8 nitrogen and oxygen atoms in total. The number of methoxy groups -OCH3 is 1. The average molecular weight is 532 g/mol. The van der Waals surface area contributed by atoms with Gasteiger partial charge in [-0.25, -0.2) is 4.98 Å². The average Bonchev–Trinajstić information content (AvgIpc) is 3.11. The van der Waals surface area contributed by atoms with Crippen molar-refractivity contribution in [3.05, 3.63) is 63.7 Å². The number of aromatic nitrogens is 2. The van der Waals surface area contributed by atoms with Crippen LogP contribution < -0.4 is 25.6 Å². The second kappa shape index (κ2) is 10.8. The third kappa shape index (κ3) is 5.73. The maximum atomic E-state index is 12.8. The Bertz CT molecular complexity index is 1100. The van der Waals surface area contributed by atoms with Gasteiger partial charge in [0.15, 0.2) is 0 Å². The van der Waals surface area contributed by atoms with Gasteiger partial charge in [-0.2, -0.15) is 4.98 Å². The molecule has 0 saturated carbocycles. The number of para-hydroxylation sites is 1. The van der Waals surface area contributed by atoms with Crippen molar-refractivity contribution in [3.8, 4) is 5.88 Å². The van der Waals surface area contributed by atoms with Crippen molar-refractivity contribution in [2.45, 2.75) is 6.42 Å². The Morgan fingerprint density at radius 2 is 2.00 bits per heavy atom. The fraction of sp³-hybridized carbons (Fsp3) is 0.261. The normalized spacial score (nSPS) is 13.8. The van der Waals surface area contributed by atoms with Crippen LogP contribution in [0.1, 0.15) is 16.8 Å². The minimum atomic E-state index is -0.427. The maximum absolute atomic E-state index is 12.8. The molecule has 0 aliphatic carbocycles. The lowest BCUT2D eigenvalue weighted by molar-refractivity contribution is 0.102. The second-order valence-electron chi connectivity index (χ2n) is 7.43. The summed E-state index contributed by atoms with van der Waals surface area (Å²) in [5.74, 6) is 0.0550. The van der Waals surface area contributed by atoms with E-state index in [-0.39, 0.29) is 11.4 Å². The molecule has 0 radical (unpaired) electrons. The van der Waals surface area contributed by atoms with Gasteiger partial charge in [0.1, 0.15) is 5.56 Å². The second-order valence-corrected chi connectivity index (χ2v) is 8.69. The predicted octanol–water partition coefficient (Wildman–Crippen LogP) is 4.70. The Morgan fingerprint density at radius 1 is 1.18 bits per heavy atom.